The van der Waals surface area contributed by atoms with E-state index >= 15 is 4.39 Å². The fraction of sp³-hybridized carbons (Fsp3) is 0.462. The number of methoxy groups -OCH3 is 1. The normalized spacial score (nSPS) is 21.6. The van der Waals surface area contributed by atoms with Crippen LogP contribution in [0, 0.1) is 11.3 Å². The highest BCUT2D eigenvalue weighted by Gasteiger charge is 2.57. The van der Waals surface area contributed by atoms with Crippen LogP contribution in [0.4, 0.5) is 31.3 Å². The van der Waals surface area contributed by atoms with Gasteiger partial charge >= 0.3 is 12.1 Å². The average Bonchev–Trinajstić information content (AvgIpc) is 3.11. The van der Waals surface area contributed by atoms with E-state index in [0.717, 1.165) is 12.8 Å². The van der Waals surface area contributed by atoms with E-state index < -0.39 is 23.8 Å². The molecule has 0 unspecified atom stereocenters. The summed E-state index contributed by atoms with van der Waals surface area (Å²) < 4.78 is 26.0. The maximum atomic E-state index is 15.8. The summed E-state index contributed by atoms with van der Waals surface area (Å²) in [6.07, 6.45) is 3.05. The molecular formula is C26H28FN7O5. The first-order chi connectivity index (χ1) is 18.9. The number of anilines is 3. The van der Waals surface area contributed by atoms with Crippen molar-refractivity contribution in [3.8, 4) is 6.07 Å². The third-order valence-corrected chi connectivity index (χ3v) is 7.19. The molecule has 39 heavy (non-hydrogen) atoms. The third kappa shape index (κ3) is 5.07. The second kappa shape index (κ2) is 10.8. The van der Waals surface area contributed by atoms with Crippen LogP contribution in [0.15, 0.2) is 18.3 Å². The van der Waals surface area contributed by atoms with Crippen LogP contribution in [-0.2, 0) is 21.7 Å². The van der Waals surface area contributed by atoms with Crippen LogP contribution in [0.2, 0.25) is 0 Å². The number of ether oxygens (including phenoxy) is 2. The van der Waals surface area contributed by atoms with E-state index in [0.29, 0.717) is 49.4 Å². The molecule has 204 valence electrons. The van der Waals surface area contributed by atoms with Crippen molar-refractivity contribution in [1.82, 2.24) is 14.9 Å². The number of amides is 3. The molecule has 2 aromatic rings. The predicted octanol–water partition coefficient (Wildman–Crippen LogP) is 3.33. The van der Waals surface area contributed by atoms with Gasteiger partial charge < -0.3 is 19.7 Å². The van der Waals surface area contributed by atoms with Crippen molar-refractivity contribution in [1.29, 1.82) is 5.26 Å². The lowest BCUT2D eigenvalue weighted by Crippen LogP contribution is -2.60. The van der Waals surface area contributed by atoms with Gasteiger partial charge in [-0.25, -0.2) is 23.9 Å². The Balaban J connectivity index is 1.42. The number of pyridine rings is 2. The topological polar surface area (TPSA) is 150 Å². The molecule has 3 aliphatic heterocycles. The van der Waals surface area contributed by atoms with Crippen molar-refractivity contribution >= 4 is 35.7 Å². The van der Waals surface area contributed by atoms with Gasteiger partial charge in [-0.15, -0.1) is 0 Å². The largest absolute Gasteiger partial charge is 0.449 e. The molecule has 0 radical (unpaired) electrons. The van der Waals surface area contributed by atoms with Gasteiger partial charge in [-0.3, -0.25) is 15.0 Å². The summed E-state index contributed by atoms with van der Waals surface area (Å²) in [6, 6.07) is 4.08. The highest BCUT2D eigenvalue weighted by atomic mass is 19.1. The molecule has 5 heterocycles. The van der Waals surface area contributed by atoms with E-state index in [2.05, 4.69) is 20.6 Å². The monoisotopic (exact) mass is 537 g/mol. The Morgan fingerprint density at radius 1 is 1.38 bits per heavy atom. The molecule has 0 spiro atoms. The zero-order chi connectivity index (χ0) is 27.6. The molecule has 2 N–H and O–H groups in total. The molecule has 3 amide bonds. The summed E-state index contributed by atoms with van der Waals surface area (Å²) in [7, 11) is 1.56. The number of urea groups is 1. The van der Waals surface area contributed by atoms with E-state index in [1.54, 1.807) is 7.11 Å². The van der Waals surface area contributed by atoms with Gasteiger partial charge in [0.25, 0.3) is 0 Å². The van der Waals surface area contributed by atoms with Crippen LogP contribution in [-0.4, -0.2) is 72.7 Å². The van der Waals surface area contributed by atoms with Gasteiger partial charge in [0.05, 0.1) is 31.0 Å². The average molecular weight is 538 g/mol. The zero-order valence-electron chi connectivity index (χ0n) is 21.4. The van der Waals surface area contributed by atoms with Gasteiger partial charge in [0.2, 0.25) is 0 Å². The molecule has 13 heteroatoms. The first-order valence-electron chi connectivity index (χ1n) is 12.7. The van der Waals surface area contributed by atoms with Gasteiger partial charge in [-0.2, -0.15) is 5.26 Å². The fourth-order valence-electron chi connectivity index (χ4n) is 5.14. The number of carbonyl (C=O) groups excluding carboxylic acids is 3. The molecule has 1 aliphatic carbocycles. The number of halogens is 1. The Bertz CT molecular complexity index is 1340. The number of nitriles is 1. The summed E-state index contributed by atoms with van der Waals surface area (Å²) in [4.78, 5) is 49.1. The molecule has 2 aromatic heterocycles. The standard InChI is InChI=1S/C26H28FN7O5/c1-38-7-4-29-20-9-22(30-13-17(20)12-28)32-24(36)34-18-10-26(27,11-18)19-8-16(21(15-35)31-23(19)34)14-33-5-2-3-6-39-25(33)37/h8-9,13,15,18H,2-7,10-11,14H2,1H3,(H2,29,30,32,36). The fourth-order valence-corrected chi connectivity index (χ4v) is 5.14. The number of alkyl halides is 1. The minimum absolute atomic E-state index is 0.0228. The molecule has 2 fully saturated rings. The van der Waals surface area contributed by atoms with E-state index in [-0.39, 0.29) is 42.3 Å². The van der Waals surface area contributed by atoms with Crippen molar-refractivity contribution in [2.24, 2.45) is 0 Å². The number of cyclic esters (lactones) is 1. The number of aromatic nitrogens is 2. The highest BCUT2D eigenvalue weighted by Crippen LogP contribution is 2.55. The molecule has 4 aliphatic rings. The number of carbonyl (C=O) groups is 3. The summed E-state index contributed by atoms with van der Waals surface area (Å²) >= 11 is 0. The minimum Gasteiger partial charge on any atom is -0.449 e. The van der Waals surface area contributed by atoms with Gasteiger partial charge in [-0.05, 0) is 18.9 Å². The van der Waals surface area contributed by atoms with Gasteiger partial charge in [0.1, 0.15) is 29.1 Å². The van der Waals surface area contributed by atoms with Gasteiger partial charge in [-0.1, -0.05) is 0 Å². The molecule has 1 saturated carbocycles. The van der Waals surface area contributed by atoms with Crippen LogP contribution in [0.25, 0.3) is 0 Å². The number of hydrogen-bond acceptors (Lipinski definition) is 9. The minimum atomic E-state index is -1.68. The van der Waals surface area contributed by atoms with Crippen LogP contribution in [0.1, 0.15) is 52.9 Å². The van der Waals surface area contributed by atoms with E-state index in [1.165, 1.54) is 28.1 Å². The maximum Gasteiger partial charge on any atom is 0.410 e. The first-order valence-corrected chi connectivity index (χ1v) is 12.7. The third-order valence-electron chi connectivity index (χ3n) is 7.19. The smallest absolute Gasteiger partial charge is 0.410 e. The number of rotatable bonds is 8. The Labute approximate surface area is 224 Å². The molecular weight excluding hydrogens is 509 g/mol. The van der Waals surface area contributed by atoms with Crippen LogP contribution < -0.4 is 15.5 Å². The lowest BCUT2D eigenvalue weighted by Gasteiger charge is -2.52. The number of hydrogen-bond donors (Lipinski definition) is 2. The first kappa shape index (κ1) is 26.3. The lowest BCUT2D eigenvalue weighted by molar-refractivity contribution is 0.0282. The summed E-state index contributed by atoms with van der Waals surface area (Å²) in [5.41, 5.74) is -0.279. The predicted molar refractivity (Wildman–Crippen MR) is 137 cm³/mol. The number of aldehydes is 1. The molecule has 2 bridgehead atoms. The van der Waals surface area contributed by atoms with Gasteiger partial charge in [0, 0.05) is 62.5 Å². The van der Waals surface area contributed by atoms with E-state index in [9.17, 15) is 19.6 Å². The summed E-state index contributed by atoms with van der Waals surface area (Å²) in [6.45, 7) is 1.69. The molecule has 1 saturated heterocycles. The van der Waals surface area contributed by atoms with E-state index in [1.807, 2.05) is 6.07 Å². The Kier molecular flexibility index (Phi) is 7.30. The van der Waals surface area contributed by atoms with Crippen LogP contribution in [0.5, 0.6) is 0 Å². The Morgan fingerprint density at radius 3 is 2.95 bits per heavy atom. The Hall–Kier alpha value is -4.31. The number of nitrogens with zero attached hydrogens (tertiary/aromatic N) is 5. The van der Waals surface area contributed by atoms with E-state index in [4.69, 9.17) is 9.47 Å². The number of nitrogens with one attached hydrogen (secondary N) is 2. The van der Waals surface area contributed by atoms with Crippen molar-refractivity contribution < 1.29 is 28.2 Å². The van der Waals surface area contributed by atoms with Crippen LogP contribution >= 0.6 is 0 Å². The van der Waals surface area contributed by atoms with Crippen molar-refractivity contribution in [2.45, 2.75) is 43.9 Å². The zero-order valence-corrected chi connectivity index (χ0v) is 21.4. The Morgan fingerprint density at radius 2 is 2.21 bits per heavy atom. The lowest BCUT2D eigenvalue weighted by atomic mass is 9.68. The van der Waals surface area contributed by atoms with Crippen molar-refractivity contribution in [3.63, 3.8) is 0 Å². The molecule has 0 aromatic carbocycles. The molecule has 6 rings (SSSR count). The van der Waals surface area contributed by atoms with Crippen LogP contribution in [0.3, 0.4) is 0 Å². The van der Waals surface area contributed by atoms with Crippen molar-refractivity contribution in [2.75, 3.05) is 48.9 Å². The van der Waals surface area contributed by atoms with Gasteiger partial charge in [0.15, 0.2) is 6.29 Å². The quantitative estimate of drug-likeness (QED) is 0.382. The molecule has 0 atom stereocenters. The molecule has 12 nitrogen and oxygen atoms in total. The summed E-state index contributed by atoms with van der Waals surface area (Å²) in [5, 5.41) is 15.1. The highest BCUT2D eigenvalue weighted by molar-refractivity contribution is 6.03. The maximum absolute atomic E-state index is 15.8. The van der Waals surface area contributed by atoms with Crippen molar-refractivity contribution in [3.05, 3.63) is 40.7 Å². The summed E-state index contributed by atoms with van der Waals surface area (Å²) in [5.74, 6) is 0.248. The second-order valence-corrected chi connectivity index (χ2v) is 9.74. The second-order valence-electron chi connectivity index (χ2n) is 9.74. The SMILES string of the molecule is COCCNc1cc(NC(=O)N2c3nc(C=O)c(CN4CCCCOC4=O)cc3C3(F)CC2C3)ncc1C#N.